The van der Waals surface area contributed by atoms with Crippen molar-refractivity contribution in [1.82, 2.24) is 5.32 Å². The molecule has 0 aromatic heterocycles. The summed E-state index contributed by atoms with van der Waals surface area (Å²) in [5, 5.41) is 12.9. The molecule has 1 unspecified atom stereocenters. The minimum Gasteiger partial charge on any atom is -0.394 e. The summed E-state index contributed by atoms with van der Waals surface area (Å²) in [6.45, 7) is 4.20. The maximum Gasteiger partial charge on any atom is 0.220 e. The number of hydrogen-bond acceptors (Lipinski definition) is 2. The molecule has 0 aliphatic carbocycles. The summed E-state index contributed by atoms with van der Waals surface area (Å²) in [6, 6.07) is -0.0820. The van der Waals surface area contributed by atoms with E-state index in [2.05, 4.69) is 35.1 Å². The number of aliphatic hydroxyl groups is 1. The number of nitrogens with one attached hydrogen (secondary N) is 1. The maximum absolute atomic E-state index is 11.4. The highest BCUT2D eigenvalue weighted by Crippen LogP contribution is 2.05. The number of carbonyl (C=O) groups excluding carboxylic acids is 1. The number of halogens is 1. The number of amides is 1. The van der Waals surface area contributed by atoms with E-state index in [9.17, 15) is 4.79 Å². The summed E-state index contributed by atoms with van der Waals surface area (Å²) in [4.78, 5) is 11.4. The number of alkyl halides is 1. The summed E-state index contributed by atoms with van der Waals surface area (Å²) in [5.74, 6) is 0.542. The molecule has 0 radical (unpaired) electrons. The van der Waals surface area contributed by atoms with E-state index in [0.29, 0.717) is 12.3 Å². The van der Waals surface area contributed by atoms with E-state index in [1.54, 1.807) is 0 Å². The van der Waals surface area contributed by atoms with Crippen LogP contribution in [-0.4, -0.2) is 29.0 Å². The van der Waals surface area contributed by atoms with E-state index in [-0.39, 0.29) is 18.6 Å². The fourth-order valence-corrected chi connectivity index (χ4v) is 1.82. The number of carbonyl (C=O) groups is 1. The van der Waals surface area contributed by atoms with E-state index in [1.165, 1.54) is 0 Å². The van der Waals surface area contributed by atoms with Crippen molar-refractivity contribution in [1.29, 1.82) is 0 Å². The van der Waals surface area contributed by atoms with Gasteiger partial charge < -0.3 is 10.4 Å². The number of aliphatic hydroxyl groups excluding tert-OH is 1. The standard InChI is InChI=1S/C11H22BrNO2/c1-9(2)7-10(8-14)13-11(15)5-3-4-6-12/h9-10,14H,3-8H2,1-2H3,(H,13,15). The highest BCUT2D eigenvalue weighted by Gasteiger charge is 2.12. The molecule has 0 aromatic carbocycles. The molecule has 0 saturated carbocycles. The second-order valence-electron chi connectivity index (χ2n) is 4.22. The third kappa shape index (κ3) is 8.88. The monoisotopic (exact) mass is 279 g/mol. The van der Waals surface area contributed by atoms with Crippen molar-refractivity contribution in [2.24, 2.45) is 5.92 Å². The Hall–Kier alpha value is -0.0900. The molecule has 2 N–H and O–H groups in total. The molecule has 0 aliphatic heterocycles. The number of hydrogen-bond donors (Lipinski definition) is 2. The zero-order chi connectivity index (χ0) is 11.7. The Morgan fingerprint density at radius 1 is 1.40 bits per heavy atom. The van der Waals surface area contributed by atoms with E-state index in [0.717, 1.165) is 24.6 Å². The van der Waals surface area contributed by atoms with E-state index in [1.807, 2.05) is 0 Å². The van der Waals surface area contributed by atoms with Crippen molar-refractivity contribution in [2.75, 3.05) is 11.9 Å². The zero-order valence-electron chi connectivity index (χ0n) is 9.63. The van der Waals surface area contributed by atoms with Crippen LogP contribution in [-0.2, 0) is 4.79 Å². The largest absolute Gasteiger partial charge is 0.394 e. The van der Waals surface area contributed by atoms with Gasteiger partial charge >= 0.3 is 0 Å². The third-order valence-corrected chi connectivity index (χ3v) is 2.69. The number of unbranched alkanes of at least 4 members (excludes halogenated alkanes) is 1. The van der Waals surface area contributed by atoms with Crippen LogP contribution >= 0.6 is 15.9 Å². The van der Waals surface area contributed by atoms with Crippen LogP contribution in [0.2, 0.25) is 0 Å². The van der Waals surface area contributed by atoms with Crippen LogP contribution in [0.1, 0.15) is 39.5 Å². The van der Waals surface area contributed by atoms with Crippen molar-refractivity contribution in [3.8, 4) is 0 Å². The predicted molar refractivity (Wildman–Crippen MR) is 66.1 cm³/mol. The lowest BCUT2D eigenvalue weighted by Gasteiger charge is -2.18. The molecule has 3 nitrogen and oxygen atoms in total. The lowest BCUT2D eigenvalue weighted by atomic mass is 10.0. The van der Waals surface area contributed by atoms with Crippen molar-refractivity contribution in [3.05, 3.63) is 0 Å². The van der Waals surface area contributed by atoms with Crippen LogP contribution in [0.15, 0.2) is 0 Å². The fourth-order valence-electron chi connectivity index (χ4n) is 1.43. The summed E-state index contributed by atoms with van der Waals surface area (Å²) in [7, 11) is 0. The SMILES string of the molecule is CC(C)CC(CO)NC(=O)CCCCBr. The van der Waals surface area contributed by atoms with Crippen LogP contribution in [0.3, 0.4) is 0 Å². The molecule has 4 heteroatoms. The first kappa shape index (κ1) is 14.9. The van der Waals surface area contributed by atoms with Gasteiger partial charge in [-0.2, -0.15) is 0 Å². The van der Waals surface area contributed by atoms with Crippen LogP contribution in [0.4, 0.5) is 0 Å². The summed E-state index contributed by atoms with van der Waals surface area (Å²) < 4.78 is 0. The Balaban J connectivity index is 3.70. The van der Waals surface area contributed by atoms with Crippen molar-refractivity contribution >= 4 is 21.8 Å². The van der Waals surface area contributed by atoms with Crippen molar-refractivity contribution in [3.63, 3.8) is 0 Å². The van der Waals surface area contributed by atoms with Crippen molar-refractivity contribution < 1.29 is 9.90 Å². The molecule has 0 aliphatic rings. The first-order valence-corrected chi connectivity index (χ1v) is 6.68. The van der Waals surface area contributed by atoms with Crippen molar-refractivity contribution in [2.45, 2.75) is 45.6 Å². The Kier molecular flexibility index (Phi) is 9.10. The second kappa shape index (κ2) is 9.16. The zero-order valence-corrected chi connectivity index (χ0v) is 11.2. The highest BCUT2D eigenvalue weighted by molar-refractivity contribution is 9.09. The smallest absolute Gasteiger partial charge is 0.220 e. The predicted octanol–water partition coefficient (Wildman–Crippen LogP) is 2.07. The fraction of sp³-hybridized carbons (Fsp3) is 0.909. The Bertz CT molecular complexity index is 174. The highest BCUT2D eigenvalue weighted by atomic mass is 79.9. The van der Waals surface area contributed by atoms with Crippen LogP contribution in [0, 0.1) is 5.92 Å². The first-order valence-electron chi connectivity index (χ1n) is 5.56. The molecule has 0 rings (SSSR count). The van der Waals surface area contributed by atoms with Gasteiger partial charge in [0.05, 0.1) is 12.6 Å². The Labute approximate surface area is 101 Å². The van der Waals surface area contributed by atoms with Gasteiger partial charge in [-0.15, -0.1) is 0 Å². The molecule has 0 heterocycles. The van der Waals surface area contributed by atoms with Gasteiger partial charge in [0.2, 0.25) is 5.91 Å². The number of rotatable bonds is 8. The molecule has 90 valence electrons. The lowest BCUT2D eigenvalue weighted by molar-refractivity contribution is -0.122. The topological polar surface area (TPSA) is 49.3 Å². The van der Waals surface area contributed by atoms with Gasteiger partial charge in [-0.05, 0) is 25.2 Å². The summed E-state index contributed by atoms with van der Waals surface area (Å²) >= 11 is 3.33. The molecule has 0 saturated heterocycles. The maximum atomic E-state index is 11.4. The summed E-state index contributed by atoms with van der Waals surface area (Å²) in [6.07, 6.45) is 3.30. The van der Waals surface area contributed by atoms with Gasteiger partial charge in [0.15, 0.2) is 0 Å². The molecule has 0 aromatic rings. The van der Waals surface area contributed by atoms with Crippen LogP contribution in [0.25, 0.3) is 0 Å². The van der Waals surface area contributed by atoms with Gasteiger partial charge in [-0.25, -0.2) is 0 Å². The Morgan fingerprint density at radius 3 is 2.53 bits per heavy atom. The molecule has 15 heavy (non-hydrogen) atoms. The molecule has 0 bridgehead atoms. The molecular weight excluding hydrogens is 258 g/mol. The third-order valence-electron chi connectivity index (χ3n) is 2.13. The lowest BCUT2D eigenvalue weighted by Crippen LogP contribution is -2.38. The first-order chi connectivity index (χ1) is 7.10. The Morgan fingerprint density at radius 2 is 2.07 bits per heavy atom. The quantitative estimate of drug-likeness (QED) is 0.528. The van der Waals surface area contributed by atoms with Gasteiger partial charge in [0.1, 0.15) is 0 Å². The van der Waals surface area contributed by atoms with Crippen LogP contribution in [0.5, 0.6) is 0 Å². The van der Waals surface area contributed by atoms with E-state index < -0.39 is 0 Å². The average molecular weight is 280 g/mol. The van der Waals surface area contributed by atoms with Gasteiger partial charge in [0, 0.05) is 11.8 Å². The molecule has 0 fully saturated rings. The molecule has 0 spiro atoms. The van der Waals surface area contributed by atoms with Gasteiger partial charge in [0.25, 0.3) is 0 Å². The minimum absolute atomic E-state index is 0.0301. The minimum atomic E-state index is -0.0820. The molecule has 1 amide bonds. The normalized spacial score (nSPS) is 12.9. The van der Waals surface area contributed by atoms with Gasteiger partial charge in [-0.1, -0.05) is 29.8 Å². The molecular formula is C11H22BrNO2. The second-order valence-corrected chi connectivity index (χ2v) is 5.02. The molecule has 1 atom stereocenters. The van der Waals surface area contributed by atoms with E-state index >= 15 is 0 Å². The van der Waals surface area contributed by atoms with E-state index in [4.69, 9.17) is 5.11 Å². The van der Waals surface area contributed by atoms with Crippen LogP contribution < -0.4 is 5.32 Å². The average Bonchev–Trinajstić information content (AvgIpc) is 2.16. The summed E-state index contributed by atoms with van der Waals surface area (Å²) in [5.41, 5.74) is 0. The van der Waals surface area contributed by atoms with Gasteiger partial charge in [-0.3, -0.25) is 4.79 Å².